The van der Waals surface area contributed by atoms with Crippen LogP contribution in [-0.4, -0.2) is 40.3 Å². The molecular formula is C20H23FN4O4. The number of rotatable bonds is 5. The molecule has 1 aliphatic rings. The molecule has 0 saturated carbocycles. The number of fused-ring (bicyclic) bond motifs is 1. The van der Waals surface area contributed by atoms with Gasteiger partial charge in [0.05, 0.1) is 5.69 Å². The SMILES string of the molecule is CC(C)NC(=O)NC(=O)COC(=O)c1nn(-c2ccc(F)cc2)c2c1CCCC2. The van der Waals surface area contributed by atoms with Gasteiger partial charge in [-0.25, -0.2) is 18.7 Å². The number of ether oxygens (including phenoxy) is 1. The van der Waals surface area contributed by atoms with Gasteiger partial charge in [-0.15, -0.1) is 0 Å². The molecule has 1 aromatic heterocycles. The summed E-state index contributed by atoms with van der Waals surface area (Å²) < 4.78 is 19.9. The molecule has 0 unspecified atom stereocenters. The summed E-state index contributed by atoms with van der Waals surface area (Å²) >= 11 is 0. The third kappa shape index (κ3) is 4.98. The summed E-state index contributed by atoms with van der Waals surface area (Å²) in [5.41, 5.74) is 2.45. The number of benzene rings is 1. The van der Waals surface area contributed by atoms with E-state index >= 15 is 0 Å². The van der Waals surface area contributed by atoms with Crippen molar-refractivity contribution >= 4 is 17.9 Å². The first-order valence-electron chi connectivity index (χ1n) is 9.49. The molecule has 0 atom stereocenters. The highest BCUT2D eigenvalue weighted by Crippen LogP contribution is 2.27. The Kier molecular flexibility index (Phi) is 6.26. The molecule has 8 nitrogen and oxygen atoms in total. The number of aromatic nitrogens is 2. The Bertz CT molecular complexity index is 921. The van der Waals surface area contributed by atoms with Gasteiger partial charge in [-0.1, -0.05) is 0 Å². The van der Waals surface area contributed by atoms with Crippen LogP contribution in [-0.2, 0) is 22.4 Å². The first kappa shape index (κ1) is 20.5. The molecular weight excluding hydrogens is 379 g/mol. The number of esters is 1. The Morgan fingerprint density at radius 3 is 2.55 bits per heavy atom. The van der Waals surface area contributed by atoms with E-state index in [1.807, 2.05) is 0 Å². The Morgan fingerprint density at radius 2 is 1.86 bits per heavy atom. The van der Waals surface area contributed by atoms with E-state index in [0.717, 1.165) is 30.5 Å². The fourth-order valence-corrected chi connectivity index (χ4v) is 3.22. The maximum atomic E-state index is 13.2. The van der Waals surface area contributed by atoms with Crippen molar-refractivity contribution in [2.75, 3.05) is 6.61 Å². The number of carbonyl (C=O) groups excluding carboxylic acids is 3. The Morgan fingerprint density at radius 1 is 1.17 bits per heavy atom. The van der Waals surface area contributed by atoms with Gasteiger partial charge in [-0.05, 0) is 63.8 Å². The lowest BCUT2D eigenvalue weighted by atomic mass is 9.95. The molecule has 0 spiro atoms. The maximum Gasteiger partial charge on any atom is 0.359 e. The number of nitrogens with one attached hydrogen (secondary N) is 2. The van der Waals surface area contributed by atoms with E-state index in [1.54, 1.807) is 30.7 Å². The van der Waals surface area contributed by atoms with Crippen LogP contribution in [0.15, 0.2) is 24.3 Å². The molecule has 0 bridgehead atoms. The second-order valence-electron chi connectivity index (χ2n) is 7.12. The number of imide groups is 1. The maximum absolute atomic E-state index is 13.2. The lowest BCUT2D eigenvalue weighted by Gasteiger charge is -2.14. The fraction of sp³-hybridized carbons (Fsp3) is 0.400. The third-order valence-electron chi connectivity index (χ3n) is 4.45. The summed E-state index contributed by atoms with van der Waals surface area (Å²) in [6, 6.07) is 5.06. The largest absolute Gasteiger partial charge is 0.451 e. The summed E-state index contributed by atoms with van der Waals surface area (Å²) in [6.45, 7) is 2.91. The molecule has 2 aromatic rings. The van der Waals surface area contributed by atoms with Crippen LogP contribution < -0.4 is 10.6 Å². The van der Waals surface area contributed by atoms with Gasteiger partial charge in [0.1, 0.15) is 5.82 Å². The highest BCUT2D eigenvalue weighted by Gasteiger charge is 2.27. The van der Waals surface area contributed by atoms with Crippen LogP contribution in [0.3, 0.4) is 0 Å². The number of hydrogen-bond acceptors (Lipinski definition) is 5. The molecule has 0 fully saturated rings. The summed E-state index contributed by atoms with van der Waals surface area (Å²) in [6.07, 6.45) is 3.28. The Hall–Kier alpha value is -3.23. The number of nitrogens with zero attached hydrogens (tertiary/aromatic N) is 2. The van der Waals surface area contributed by atoms with Gasteiger partial charge in [0.2, 0.25) is 0 Å². The van der Waals surface area contributed by atoms with Gasteiger partial charge < -0.3 is 10.1 Å². The zero-order chi connectivity index (χ0) is 21.0. The first-order chi connectivity index (χ1) is 13.8. The zero-order valence-electron chi connectivity index (χ0n) is 16.3. The summed E-state index contributed by atoms with van der Waals surface area (Å²) in [7, 11) is 0. The van der Waals surface area contributed by atoms with Crippen molar-refractivity contribution in [3.63, 3.8) is 0 Å². The fourth-order valence-electron chi connectivity index (χ4n) is 3.22. The predicted molar refractivity (Wildman–Crippen MR) is 102 cm³/mol. The molecule has 1 heterocycles. The van der Waals surface area contributed by atoms with Crippen LogP contribution >= 0.6 is 0 Å². The van der Waals surface area contributed by atoms with Crippen LogP contribution in [0.2, 0.25) is 0 Å². The normalized spacial score (nSPS) is 13.0. The second kappa shape index (κ2) is 8.85. The lowest BCUT2D eigenvalue weighted by molar-refractivity contribution is -0.123. The van der Waals surface area contributed by atoms with E-state index in [2.05, 4.69) is 15.7 Å². The predicted octanol–water partition coefficient (Wildman–Crippen LogP) is 2.28. The van der Waals surface area contributed by atoms with E-state index in [0.29, 0.717) is 12.1 Å². The van der Waals surface area contributed by atoms with Crippen LogP contribution in [0, 0.1) is 5.82 Å². The molecule has 1 aromatic carbocycles. The van der Waals surface area contributed by atoms with Crippen molar-refractivity contribution in [1.29, 1.82) is 0 Å². The first-order valence-corrected chi connectivity index (χ1v) is 9.49. The molecule has 3 amide bonds. The van der Waals surface area contributed by atoms with Gasteiger partial charge in [0.25, 0.3) is 5.91 Å². The van der Waals surface area contributed by atoms with Crippen molar-refractivity contribution in [3.05, 3.63) is 47.0 Å². The van der Waals surface area contributed by atoms with Gasteiger partial charge in [0.15, 0.2) is 12.3 Å². The van der Waals surface area contributed by atoms with Crippen LogP contribution in [0.25, 0.3) is 5.69 Å². The molecule has 2 N–H and O–H groups in total. The number of amides is 3. The molecule has 1 aliphatic carbocycles. The molecule has 9 heteroatoms. The second-order valence-corrected chi connectivity index (χ2v) is 7.12. The molecule has 0 aliphatic heterocycles. The summed E-state index contributed by atoms with van der Waals surface area (Å²) in [5.74, 6) is -1.83. The van der Waals surface area contributed by atoms with Crippen LogP contribution in [0.5, 0.6) is 0 Å². The van der Waals surface area contributed by atoms with Gasteiger partial charge >= 0.3 is 12.0 Å². The highest BCUT2D eigenvalue weighted by molar-refractivity contribution is 5.97. The van der Waals surface area contributed by atoms with E-state index in [1.165, 1.54) is 12.1 Å². The number of urea groups is 1. The smallest absolute Gasteiger partial charge is 0.359 e. The standard InChI is InChI=1S/C20H23FN4O4/c1-12(2)22-20(28)23-17(26)11-29-19(27)18-15-5-3-4-6-16(15)25(24-18)14-9-7-13(21)8-10-14/h7-10,12H,3-6,11H2,1-2H3,(H2,22,23,26,28). The molecule has 3 rings (SSSR count). The van der Waals surface area contributed by atoms with E-state index in [-0.39, 0.29) is 17.6 Å². The minimum atomic E-state index is -0.733. The molecule has 154 valence electrons. The highest BCUT2D eigenvalue weighted by atomic mass is 19.1. The van der Waals surface area contributed by atoms with E-state index in [4.69, 9.17) is 4.74 Å². The number of hydrogen-bond donors (Lipinski definition) is 2. The van der Waals surface area contributed by atoms with Crippen LogP contribution in [0.4, 0.5) is 9.18 Å². The van der Waals surface area contributed by atoms with Crippen molar-refractivity contribution in [2.24, 2.45) is 0 Å². The van der Waals surface area contributed by atoms with Gasteiger partial charge in [-0.3, -0.25) is 10.1 Å². The monoisotopic (exact) mass is 402 g/mol. The zero-order valence-corrected chi connectivity index (χ0v) is 16.3. The lowest BCUT2D eigenvalue weighted by Crippen LogP contribution is -2.44. The van der Waals surface area contributed by atoms with Crippen molar-refractivity contribution in [3.8, 4) is 5.69 Å². The molecule has 29 heavy (non-hydrogen) atoms. The summed E-state index contributed by atoms with van der Waals surface area (Å²) in [5, 5.41) is 8.97. The Balaban J connectivity index is 1.73. The van der Waals surface area contributed by atoms with Crippen LogP contribution in [0.1, 0.15) is 48.4 Å². The topological polar surface area (TPSA) is 102 Å². The molecule has 0 radical (unpaired) electrons. The summed E-state index contributed by atoms with van der Waals surface area (Å²) in [4.78, 5) is 35.9. The van der Waals surface area contributed by atoms with E-state index < -0.39 is 24.5 Å². The van der Waals surface area contributed by atoms with Crippen molar-refractivity contribution < 1.29 is 23.5 Å². The van der Waals surface area contributed by atoms with Gasteiger partial charge in [0, 0.05) is 17.3 Å². The third-order valence-corrected chi connectivity index (χ3v) is 4.45. The quantitative estimate of drug-likeness (QED) is 0.747. The number of halogens is 1. The van der Waals surface area contributed by atoms with E-state index in [9.17, 15) is 18.8 Å². The van der Waals surface area contributed by atoms with Crippen molar-refractivity contribution in [2.45, 2.75) is 45.6 Å². The average Bonchev–Trinajstić information content (AvgIpc) is 3.06. The molecule has 0 saturated heterocycles. The number of carbonyl (C=O) groups is 3. The van der Waals surface area contributed by atoms with Gasteiger partial charge in [-0.2, -0.15) is 5.10 Å². The van der Waals surface area contributed by atoms with Crippen molar-refractivity contribution in [1.82, 2.24) is 20.4 Å². The Labute approximate surface area is 167 Å². The minimum Gasteiger partial charge on any atom is -0.451 e. The average molecular weight is 402 g/mol. The minimum absolute atomic E-state index is 0.132.